The Bertz CT molecular complexity index is 96.9. The molecule has 0 fully saturated rings. The number of unbranched alkanes of at least 4 members (excludes halogenated alkanes) is 1. The number of hydrogen-bond acceptors (Lipinski definition) is 2. The molecule has 0 aromatic carbocycles. The molecule has 86 valence electrons. The third-order valence-electron chi connectivity index (χ3n) is 1.73. The molecule has 0 heterocycles. The lowest BCUT2D eigenvalue weighted by molar-refractivity contribution is 0.0818. The Hall–Kier alpha value is -0.0800. The molecule has 0 aliphatic rings. The smallest absolute Gasteiger partial charge is 0.0488 e. The molecule has 2 heteroatoms. The van der Waals surface area contributed by atoms with Gasteiger partial charge in [-0.15, -0.1) is 0 Å². The van der Waals surface area contributed by atoms with Gasteiger partial charge in [0, 0.05) is 26.4 Å². The van der Waals surface area contributed by atoms with Crippen LogP contribution in [0.5, 0.6) is 0 Å². The van der Waals surface area contributed by atoms with Gasteiger partial charge in [-0.05, 0) is 24.7 Å². The van der Waals surface area contributed by atoms with Gasteiger partial charge in [0.15, 0.2) is 0 Å². The van der Waals surface area contributed by atoms with Crippen LogP contribution in [-0.2, 0) is 9.47 Å². The highest BCUT2D eigenvalue weighted by Gasteiger charge is 1.95. The average Bonchev–Trinajstić information content (AvgIpc) is 2.08. The molecule has 0 aromatic heterocycles. The maximum absolute atomic E-state index is 5.47. The fraction of sp³-hybridized carbons (Fsp3) is 1.00. The second kappa shape index (κ2) is 9.47. The van der Waals surface area contributed by atoms with Crippen LogP contribution in [0.15, 0.2) is 0 Å². The predicted octanol–water partition coefficient (Wildman–Crippen LogP) is 3.11. The second-order valence-electron chi connectivity index (χ2n) is 4.64. The van der Waals surface area contributed by atoms with Gasteiger partial charge in [0.25, 0.3) is 0 Å². The molecule has 0 spiro atoms. The Morgan fingerprint density at radius 2 is 1.07 bits per heavy atom. The molecule has 0 N–H and O–H groups in total. The number of rotatable bonds is 9. The highest BCUT2D eigenvalue weighted by Crippen LogP contribution is 1.98. The van der Waals surface area contributed by atoms with Crippen molar-refractivity contribution in [3.8, 4) is 0 Å². The zero-order valence-electron chi connectivity index (χ0n) is 10.2. The molecule has 0 saturated carbocycles. The van der Waals surface area contributed by atoms with Crippen LogP contribution in [0.1, 0.15) is 40.5 Å². The lowest BCUT2D eigenvalue weighted by Gasteiger charge is -2.08. The summed E-state index contributed by atoms with van der Waals surface area (Å²) in [5, 5.41) is 0. The topological polar surface area (TPSA) is 18.5 Å². The monoisotopic (exact) mass is 202 g/mol. The molecule has 0 atom stereocenters. The maximum Gasteiger partial charge on any atom is 0.0488 e. The molecule has 14 heavy (non-hydrogen) atoms. The zero-order valence-corrected chi connectivity index (χ0v) is 10.2. The Morgan fingerprint density at radius 1 is 0.714 bits per heavy atom. The van der Waals surface area contributed by atoms with Crippen molar-refractivity contribution in [2.45, 2.75) is 40.5 Å². The Balaban J connectivity index is 2.92. The van der Waals surface area contributed by atoms with Crippen LogP contribution in [0, 0.1) is 11.8 Å². The van der Waals surface area contributed by atoms with Crippen molar-refractivity contribution < 1.29 is 9.47 Å². The summed E-state index contributed by atoms with van der Waals surface area (Å²) in [4.78, 5) is 0. The van der Waals surface area contributed by atoms with E-state index >= 15 is 0 Å². The highest BCUT2D eigenvalue weighted by atomic mass is 16.5. The van der Waals surface area contributed by atoms with Crippen LogP contribution in [0.3, 0.4) is 0 Å². The van der Waals surface area contributed by atoms with Crippen molar-refractivity contribution in [2.75, 3.05) is 26.4 Å². The molecule has 0 amide bonds. The van der Waals surface area contributed by atoms with E-state index < -0.39 is 0 Å². The zero-order chi connectivity index (χ0) is 10.8. The van der Waals surface area contributed by atoms with Crippen LogP contribution in [0.25, 0.3) is 0 Å². The lowest BCUT2D eigenvalue weighted by Crippen LogP contribution is -2.06. The standard InChI is InChI=1S/C12H26O2/c1-11(2)9-13-7-5-6-8-14-10-12(3)4/h11-12H,5-10H2,1-4H3. The van der Waals surface area contributed by atoms with Gasteiger partial charge in [-0.3, -0.25) is 0 Å². The van der Waals surface area contributed by atoms with Crippen LogP contribution < -0.4 is 0 Å². The molecule has 0 bridgehead atoms. The summed E-state index contributed by atoms with van der Waals surface area (Å²) in [5.74, 6) is 1.29. The van der Waals surface area contributed by atoms with E-state index in [9.17, 15) is 0 Å². The van der Waals surface area contributed by atoms with Gasteiger partial charge < -0.3 is 9.47 Å². The molecule has 0 saturated heterocycles. The minimum atomic E-state index is 0.646. The second-order valence-corrected chi connectivity index (χ2v) is 4.64. The maximum atomic E-state index is 5.47. The largest absolute Gasteiger partial charge is 0.381 e. The van der Waals surface area contributed by atoms with E-state index in [1.165, 1.54) is 0 Å². The van der Waals surface area contributed by atoms with Gasteiger partial charge >= 0.3 is 0 Å². The minimum Gasteiger partial charge on any atom is -0.381 e. The molecular formula is C12H26O2. The van der Waals surface area contributed by atoms with Gasteiger partial charge in [-0.1, -0.05) is 27.7 Å². The van der Waals surface area contributed by atoms with Crippen molar-refractivity contribution >= 4 is 0 Å². The van der Waals surface area contributed by atoms with Gasteiger partial charge in [-0.2, -0.15) is 0 Å². The van der Waals surface area contributed by atoms with E-state index in [4.69, 9.17) is 9.47 Å². The van der Waals surface area contributed by atoms with Crippen molar-refractivity contribution in [3.63, 3.8) is 0 Å². The Labute approximate surface area is 89.0 Å². The summed E-state index contributed by atoms with van der Waals surface area (Å²) in [5.41, 5.74) is 0. The summed E-state index contributed by atoms with van der Waals surface area (Å²) in [7, 11) is 0. The van der Waals surface area contributed by atoms with Gasteiger partial charge in [0.05, 0.1) is 0 Å². The first-order valence-corrected chi connectivity index (χ1v) is 5.78. The molecule has 0 unspecified atom stereocenters. The van der Waals surface area contributed by atoms with E-state index in [0.717, 1.165) is 39.3 Å². The van der Waals surface area contributed by atoms with Gasteiger partial charge in [0.1, 0.15) is 0 Å². The predicted molar refractivity (Wildman–Crippen MR) is 60.5 cm³/mol. The van der Waals surface area contributed by atoms with Crippen LogP contribution in [0.4, 0.5) is 0 Å². The summed E-state index contributed by atoms with van der Waals surface area (Å²) < 4.78 is 10.9. The first kappa shape index (κ1) is 13.9. The SMILES string of the molecule is CC(C)COCCCCOCC(C)C. The Kier molecular flexibility index (Phi) is 9.42. The first-order chi connectivity index (χ1) is 6.63. The van der Waals surface area contributed by atoms with E-state index in [-0.39, 0.29) is 0 Å². The van der Waals surface area contributed by atoms with Gasteiger partial charge in [0.2, 0.25) is 0 Å². The van der Waals surface area contributed by atoms with Gasteiger partial charge in [-0.25, -0.2) is 0 Å². The summed E-state index contributed by atoms with van der Waals surface area (Å²) in [6.07, 6.45) is 2.23. The third-order valence-corrected chi connectivity index (χ3v) is 1.73. The highest BCUT2D eigenvalue weighted by molar-refractivity contribution is 4.43. The van der Waals surface area contributed by atoms with E-state index in [0.29, 0.717) is 11.8 Å². The van der Waals surface area contributed by atoms with Crippen molar-refractivity contribution in [1.29, 1.82) is 0 Å². The molecule has 0 aliphatic heterocycles. The molecule has 2 nitrogen and oxygen atoms in total. The number of hydrogen-bond donors (Lipinski definition) is 0. The average molecular weight is 202 g/mol. The fourth-order valence-electron chi connectivity index (χ4n) is 1.05. The summed E-state index contributed by atoms with van der Waals surface area (Å²) in [6.45, 7) is 12.2. The van der Waals surface area contributed by atoms with E-state index in [1.807, 2.05) is 0 Å². The number of ether oxygens (including phenoxy) is 2. The molecular weight excluding hydrogens is 176 g/mol. The quantitative estimate of drug-likeness (QED) is 0.535. The molecule has 0 aromatic rings. The van der Waals surface area contributed by atoms with Crippen molar-refractivity contribution in [2.24, 2.45) is 11.8 Å². The van der Waals surface area contributed by atoms with Crippen LogP contribution in [-0.4, -0.2) is 26.4 Å². The summed E-state index contributed by atoms with van der Waals surface area (Å²) >= 11 is 0. The van der Waals surface area contributed by atoms with Crippen LogP contribution >= 0.6 is 0 Å². The van der Waals surface area contributed by atoms with Crippen molar-refractivity contribution in [3.05, 3.63) is 0 Å². The lowest BCUT2D eigenvalue weighted by atomic mass is 10.2. The molecule has 0 aliphatic carbocycles. The fourth-order valence-corrected chi connectivity index (χ4v) is 1.05. The molecule has 0 rings (SSSR count). The van der Waals surface area contributed by atoms with Crippen molar-refractivity contribution in [1.82, 2.24) is 0 Å². The van der Waals surface area contributed by atoms with E-state index in [1.54, 1.807) is 0 Å². The third kappa shape index (κ3) is 11.9. The summed E-state index contributed by atoms with van der Waals surface area (Å²) in [6, 6.07) is 0. The first-order valence-electron chi connectivity index (χ1n) is 5.78. The molecule has 0 radical (unpaired) electrons. The normalized spacial score (nSPS) is 11.6. The minimum absolute atomic E-state index is 0.646. The van der Waals surface area contributed by atoms with E-state index in [2.05, 4.69) is 27.7 Å². The van der Waals surface area contributed by atoms with Crippen LogP contribution in [0.2, 0.25) is 0 Å². The Morgan fingerprint density at radius 3 is 1.36 bits per heavy atom.